The van der Waals surface area contributed by atoms with Gasteiger partial charge >= 0.3 is 0 Å². The molecule has 0 saturated carbocycles. The SMILES string of the molecule is CCC[SiH2]CI. The molecule has 2 heteroatoms. The molecule has 0 aromatic carbocycles. The highest BCUT2D eigenvalue weighted by atomic mass is 127. The van der Waals surface area contributed by atoms with E-state index in [2.05, 4.69) is 29.5 Å². The zero-order valence-electron chi connectivity index (χ0n) is 4.21. The van der Waals surface area contributed by atoms with Gasteiger partial charge in [0.25, 0.3) is 0 Å². The van der Waals surface area contributed by atoms with Crippen molar-refractivity contribution in [2.75, 3.05) is 4.05 Å². The highest BCUT2D eigenvalue weighted by Crippen LogP contribution is 1.87. The average Bonchev–Trinajstić information content (AvgIpc) is 1.61. The molecule has 0 spiro atoms. The summed E-state index contributed by atoms with van der Waals surface area (Å²) in [6.45, 7) is 2.26. The third kappa shape index (κ3) is 4.95. The summed E-state index contributed by atoms with van der Waals surface area (Å²) in [5, 5.41) is 0. The third-order valence-electron chi connectivity index (χ3n) is 0.737. The number of hydrogen-bond acceptors (Lipinski definition) is 0. The molecule has 0 saturated heterocycles. The van der Waals surface area contributed by atoms with Gasteiger partial charge in [-0.3, -0.25) is 0 Å². The summed E-state index contributed by atoms with van der Waals surface area (Å²) in [6, 6.07) is 1.54. The first kappa shape index (κ1) is 6.95. The Bertz CT molecular complexity index is 19.5. The maximum atomic E-state index is 2.47. The molecular weight excluding hydrogens is 203 g/mol. The second kappa shape index (κ2) is 5.95. The van der Waals surface area contributed by atoms with E-state index in [4.69, 9.17) is 0 Å². The van der Waals surface area contributed by atoms with Crippen molar-refractivity contribution in [2.24, 2.45) is 0 Å². The molecule has 0 N–H and O–H groups in total. The zero-order valence-corrected chi connectivity index (χ0v) is 7.78. The summed E-state index contributed by atoms with van der Waals surface area (Å²) in [6.07, 6.45) is 1.41. The second-order valence-corrected chi connectivity index (χ2v) is 6.42. The van der Waals surface area contributed by atoms with Crippen LogP contribution < -0.4 is 0 Å². The van der Waals surface area contributed by atoms with Gasteiger partial charge in [0.1, 0.15) is 0 Å². The van der Waals surface area contributed by atoms with Gasteiger partial charge in [-0.05, 0) is 4.05 Å². The van der Waals surface area contributed by atoms with E-state index < -0.39 is 0 Å². The van der Waals surface area contributed by atoms with E-state index >= 15 is 0 Å². The lowest BCUT2D eigenvalue weighted by Gasteiger charge is -1.83. The lowest BCUT2D eigenvalue weighted by molar-refractivity contribution is 1.07. The predicted molar refractivity (Wildman–Crippen MR) is 42.5 cm³/mol. The van der Waals surface area contributed by atoms with Gasteiger partial charge in [0.05, 0.1) is 0 Å². The number of halogens is 1. The molecule has 0 unspecified atom stereocenters. The van der Waals surface area contributed by atoms with Crippen molar-refractivity contribution >= 4 is 32.1 Å². The summed E-state index contributed by atoms with van der Waals surface area (Å²) in [5.41, 5.74) is 0. The highest BCUT2D eigenvalue weighted by Gasteiger charge is 1.78. The molecule has 38 valence electrons. The second-order valence-electron chi connectivity index (χ2n) is 1.40. The summed E-state index contributed by atoms with van der Waals surface area (Å²) in [5.74, 6) is 0. The van der Waals surface area contributed by atoms with Crippen molar-refractivity contribution in [2.45, 2.75) is 19.4 Å². The van der Waals surface area contributed by atoms with Crippen molar-refractivity contribution < 1.29 is 0 Å². The van der Waals surface area contributed by atoms with Crippen LogP contribution in [-0.4, -0.2) is 13.6 Å². The highest BCUT2D eigenvalue weighted by molar-refractivity contribution is 14.1. The summed E-state index contributed by atoms with van der Waals surface area (Å²) in [7, 11) is 0.408. The first-order valence-electron chi connectivity index (χ1n) is 2.47. The van der Waals surface area contributed by atoms with Crippen molar-refractivity contribution in [3.8, 4) is 0 Å². The van der Waals surface area contributed by atoms with Crippen LogP contribution in [0.2, 0.25) is 6.04 Å². The Morgan fingerprint density at radius 2 is 2.33 bits per heavy atom. The van der Waals surface area contributed by atoms with Crippen LogP contribution in [0.1, 0.15) is 13.3 Å². The van der Waals surface area contributed by atoms with E-state index in [9.17, 15) is 0 Å². The molecule has 0 rings (SSSR count). The third-order valence-corrected chi connectivity index (χ3v) is 4.50. The van der Waals surface area contributed by atoms with Crippen molar-refractivity contribution in [3.05, 3.63) is 0 Å². The van der Waals surface area contributed by atoms with Crippen LogP contribution in [0.4, 0.5) is 0 Å². The average molecular weight is 214 g/mol. The van der Waals surface area contributed by atoms with Gasteiger partial charge in [-0.15, -0.1) is 0 Å². The maximum absolute atomic E-state index is 2.47. The first-order valence-corrected chi connectivity index (χ1v) is 6.00. The Kier molecular flexibility index (Phi) is 6.89. The minimum absolute atomic E-state index is 0.408. The predicted octanol–water partition coefficient (Wildman–Crippen LogP) is 1.38. The van der Waals surface area contributed by atoms with Gasteiger partial charge in [-0.1, -0.05) is 42.0 Å². The fourth-order valence-corrected chi connectivity index (χ4v) is 2.65. The van der Waals surface area contributed by atoms with Crippen LogP contribution in [0, 0.1) is 0 Å². The Balaban J connectivity index is 2.34. The van der Waals surface area contributed by atoms with E-state index in [-0.39, 0.29) is 0 Å². The largest absolute Gasteiger partial charge is 0.0904 e. The molecule has 6 heavy (non-hydrogen) atoms. The van der Waals surface area contributed by atoms with Crippen LogP contribution in [0.5, 0.6) is 0 Å². The molecular formula is C4H11ISi. The normalized spacial score (nSPS) is 11.0. The fraction of sp³-hybridized carbons (Fsp3) is 1.00. The molecule has 0 aliphatic rings. The Labute approximate surface area is 55.7 Å². The van der Waals surface area contributed by atoms with E-state index in [0.717, 1.165) is 0 Å². The number of rotatable bonds is 3. The molecule has 0 radical (unpaired) electrons. The van der Waals surface area contributed by atoms with Gasteiger partial charge in [0.15, 0.2) is 0 Å². The van der Waals surface area contributed by atoms with E-state index in [1.807, 2.05) is 0 Å². The molecule has 0 bridgehead atoms. The molecule has 0 aromatic rings. The Hall–Kier alpha value is 0.947. The van der Waals surface area contributed by atoms with Gasteiger partial charge < -0.3 is 0 Å². The Morgan fingerprint density at radius 1 is 1.67 bits per heavy atom. The molecule has 0 amide bonds. The quantitative estimate of drug-likeness (QED) is 0.288. The van der Waals surface area contributed by atoms with Crippen molar-refractivity contribution in [1.82, 2.24) is 0 Å². The van der Waals surface area contributed by atoms with Gasteiger partial charge in [-0.2, -0.15) is 0 Å². The number of alkyl halides is 1. The van der Waals surface area contributed by atoms with E-state index in [1.54, 1.807) is 6.04 Å². The van der Waals surface area contributed by atoms with Crippen LogP contribution in [0.25, 0.3) is 0 Å². The smallest absolute Gasteiger partial charge is 0.0315 e. The maximum Gasteiger partial charge on any atom is 0.0315 e. The molecule has 0 aliphatic carbocycles. The summed E-state index contributed by atoms with van der Waals surface area (Å²) in [4.78, 5) is 0. The van der Waals surface area contributed by atoms with Gasteiger partial charge in [-0.25, -0.2) is 0 Å². The van der Waals surface area contributed by atoms with E-state index in [0.29, 0.717) is 9.52 Å². The molecule has 0 nitrogen and oxygen atoms in total. The van der Waals surface area contributed by atoms with Gasteiger partial charge in [0, 0.05) is 9.52 Å². The monoisotopic (exact) mass is 214 g/mol. The minimum Gasteiger partial charge on any atom is -0.0904 e. The summed E-state index contributed by atoms with van der Waals surface area (Å²) < 4.78 is 1.46. The van der Waals surface area contributed by atoms with Crippen molar-refractivity contribution in [3.63, 3.8) is 0 Å². The van der Waals surface area contributed by atoms with Crippen LogP contribution in [0.15, 0.2) is 0 Å². The minimum atomic E-state index is 0.408. The first-order chi connectivity index (χ1) is 2.91. The molecule has 0 atom stereocenters. The fourth-order valence-electron chi connectivity index (χ4n) is 0.344. The topological polar surface area (TPSA) is 0 Å². The van der Waals surface area contributed by atoms with Gasteiger partial charge in [0.2, 0.25) is 0 Å². The van der Waals surface area contributed by atoms with Crippen LogP contribution in [0.3, 0.4) is 0 Å². The molecule has 0 heterocycles. The Morgan fingerprint density at radius 3 is 2.50 bits per heavy atom. The molecule has 0 fully saturated rings. The van der Waals surface area contributed by atoms with Crippen LogP contribution in [-0.2, 0) is 0 Å². The molecule has 0 aliphatic heterocycles. The van der Waals surface area contributed by atoms with Crippen molar-refractivity contribution in [1.29, 1.82) is 0 Å². The van der Waals surface area contributed by atoms with E-state index in [1.165, 1.54) is 10.5 Å². The molecule has 0 aromatic heterocycles. The lowest BCUT2D eigenvalue weighted by atomic mass is 10.6. The van der Waals surface area contributed by atoms with Crippen LogP contribution >= 0.6 is 22.6 Å². The standard InChI is InChI=1S/C4H11ISi/c1-2-3-6-4-5/h2-4,6H2,1H3. The lowest BCUT2D eigenvalue weighted by Crippen LogP contribution is -1.86. The number of hydrogen-bond donors (Lipinski definition) is 0. The zero-order chi connectivity index (χ0) is 4.83. The summed E-state index contributed by atoms with van der Waals surface area (Å²) >= 11 is 2.47.